The van der Waals surface area contributed by atoms with Crippen molar-refractivity contribution in [2.24, 2.45) is 5.73 Å². The summed E-state index contributed by atoms with van der Waals surface area (Å²) in [6.07, 6.45) is 2.80. The minimum atomic E-state index is -0.445. The fourth-order valence-corrected chi connectivity index (χ4v) is 4.40. The lowest BCUT2D eigenvalue weighted by molar-refractivity contribution is 0.100. The van der Waals surface area contributed by atoms with Crippen molar-refractivity contribution in [2.75, 3.05) is 18.9 Å². The molecular weight excluding hydrogens is 400 g/mol. The minimum Gasteiger partial charge on any atom is -0.366 e. The first-order chi connectivity index (χ1) is 15.5. The van der Waals surface area contributed by atoms with Gasteiger partial charge in [0.25, 0.3) is 5.91 Å². The number of primary amides is 1. The maximum Gasteiger partial charge on any atom is 0.250 e. The van der Waals surface area contributed by atoms with E-state index in [1.165, 1.54) is 5.56 Å². The molecular formula is C25H26N6O. The van der Waals surface area contributed by atoms with Gasteiger partial charge in [0.05, 0.1) is 22.5 Å². The summed E-state index contributed by atoms with van der Waals surface area (Å²) in [7, 11) is 2.12. The highest BCUT2D eigenvalue weighted by Crippen LogP contribution is 2.31. The molecule has 4 heterocycles. The number of carbonyl (C=O) groups excluding carboxylic acids is 1. The summed E-state index contributed by atoms with van der Waals surface area (Å²) in [6, 6.07) is 15.9. The van der Waals surface area contributed by atoms with Crippen LogP contribution in [-0.2, 0) is 19.5 Å². The molecule has 0 spiro atoms. The fourth-order valence-electron chi connectivity index (χ4n) is 4.40. The van der Waals surface area contributed by atoms with Crippen LogP contribution in [0.5, 0.6) is 0 Å². The molecule has 32 heavy (non-hydrogen) atoms. The van der Waals surface area contributed by atoms with E-state index in [0.717, 1.165) is 53.4 Å². The molecule has 0 saturated carbocycles. The van der Waals surface area contributed by atoms with Crippen LogP contribution < -0.4 is 11.1 Å². The number of hydrogen-bond acceptors (Lipinski definition) is 5. The van der Waals surface area contributed by atoms with Gasteiger partial charge in [0.1, 0.15) is 5.82 Å². The number of likely N-dealkylation sites (N-methyl/N-ethyl adjacent to an activating group) is 1. The van der Waals surface area contributed by atoms with Crippen LogP contribution in [0.1, 0.15) is 32.7 Å². The molecule has 0 atom stereocenters. The number of benzene rings is 1. The average molecular weight is 427 g/mol. The molecule has 0 fully saturated rings. The maximum absolute atomic E-state index is 11.9. The van der Waals surface area contributed by atoms with Crippen molar-refractivity contribution in [2.45, 2.75) is 26.4 Å². The number of carbonyl (C=O) groups is 1. The molecule has 4 aromatic rings. The Morgan fingerprint density at radius 2 is 1.97 bits per heavy atom. The summed E-state index contributed by atoms with van der Waals surface area (Å²) in [5.41, 5.74) is 12.2. The van der Waals surface area contributed by atoms with Crippen LogP contribution in [0.15, 0.2) is 54.7 Å². The Bertz CT molecular complexity index is 1310. The fraction of sp³-hybridized carbons (Fsp3) is 0.240. The third-order valence-electron chi connectivity index (χ3n) is 6.03. The summed E-state index contributed by atoms with van der Waals surface area (Å²) in [5, 5.41) is 3.55. The number of pyridine rings is 1. The van der Waals surface area contributed by atoms with E-state index >= 15 is 0 Å². The van der Waals surface area contributed by atoms with Crippen molar-refractivity contribution in [3.05, 3.63) is 82.7 Å². The third-order valence-corrected chi connectivity index (χ3v) is 6.03. The molecule has 1 aromatic carbocycles. The molecule has 7 nitrogen and oxygen atoms in total. The Hall–Kier alpha value is -3.71. The van der Waals surface area contributed by atoms with Gasteiger partial charge < -0.3 is 20.4 Å². The molecule has 0 bridgehead atoms. The van der Waals surface area contributed by atoms with Gasteiger partial charge in [0.15, 0.2) is 5.82 Å². The number of nitrogens with zero attached hydrogens (tertiary/aromatic N) is 4. The van der Waals surface area contributed by atoms with Gasteiger partial charge in [-0.15, -0.1) is 0 Å². The first kappa shape index (κ1) is 20.2. The van der Waals surface area contributed by atoms with E-state index in [1.807, 2.05) is 47.9 Å². The number of aryl methyl sites for hydroxylation is 1. The van der Waals surface area contributed by atoms with E-state index in [4.69, 9.17) is 15.7 Å². The van der Waals surface area contributed by atoms with Gasteiger partial charge in [-0.1, -0.05) is 30.3 Å². The van der Waals surface area contributed by atoms with Crippen LogP contribution in [-0.4, -0.2) is 38.8 Å². The van der Waals surface area contributed by atoms with Crippen molar-refractivity contribution < 1.29 is 4.79 Å². The lowest BCUT2D eigenvalue weighted by Gasteiger charge is -2.26. The average Bonchev–Trinajstić information content (AvgIpc) is 3.13. The predicted octanol–water partition coefficient (Wildman–Crippen LogP) is 3.40. The highest BCUT2D eigenvalue weighted by Gasteiger charge is 2.23. The molecule has 1 aliphatic rings. The van der Waals surface area contributed by atoms with Crippen LogP contribution in [0, 0.1) is 6.92 Å². The predicted molar refractivity (Wildman–Crippen MR) is 125 cm³/mol. The number of fused-ring (bicyclic) bond motifs is 2. The van der Waals surface area contributed by atoms with E-state index in [2.05, 4.69) is 29.4 Å². The Morgan fingerprint density at radius 1 is 1.16 bits per heavy atom. The lowest BCUT2D eigenvalue weighted by Crippen LogP contribution is -2.29. The Balaban J connectivity index is 1.63. The van der Waals surface area contributed by atoms with Gasteiger partial charge in [-0.25, -0.2) is 9.97 Å². The van der Waals surface area contributed by atoms with Gasteiger partial charge in [-0.05, 0) is 43.3 Å². The monoisotopic (exact) mass is 426 g/mol. The molecule has 0 saturated heterocycles. The smallest absolute Gasteiger partial charge is 0.250 e. The SMILES string of the molecule is Cc1cc2c(C(N)=O)cccn2c1-c1nc2c(c(NCc3ccccc3)n1)CN(C)CC2. The topological polar surface area (TPSA) is 88.5 Å². The summed E-state index contributed by atoms with van der Waals surface area (Å²) in [6.45, 7) is 4.47. The second kappa shape index (κ2) is 8.09. The van der Waals surface area contributed by atoms with Gasteiger partial charge in [0.2, 0.25) is 0 Å². The zero-order valence-electron chi connectivity index (χ0n) is 18.3. The molecule has 162 valence electrons. The van der Waals surface area contributed by atoms with E-state index < -0.39 is 5.91 Å². The van der Waals surface area contributed by atoms with Crippen molar-refractivity contribution in [1.29, 1.82) is 0 Å². The van der Waals surface area contributed by atoms with Crippen LogP contribution >= 0.6 is 0 Å². The van der Waals surface area contributed by atoms with Crippen molar-refractivity contribution in [1.82, 2.24) is 19.3 Å². The summed E-state index contributed by atoms with van der Waals surface area (Å²) in [4.78, 5) is 24.2. The molecule has 1 aliphatic heterocycles. The lowest BCUT2D eigenvalue weighted by atomic mass is 10.1. The number of aromatic nitrogens is 3. The molecule has 7 heteroatoms. The second-order valence-corrected chi connectivity index (χ2v) is 8.37. The molecule has 3 aromatic heterocycles. The Morgan fingerprint density at radius 3 is 2.75 bits per heavy atom. The molecule has 0 unspecified atom stereocenters. The largest absolute Gasteiger partial charge is 0.366 e. The minimum absolute atomic E-state index is 0.445. The normalized spacial score (nSPS) is 13.8. The summed E-state index contributed by atoms with van der Waals surface area (Å²) >= 11 is 0. The van der Waals surface area contributed by atoms with Gasteiger partial charge >= 0.3 is 0 Å². The summed E-state index contributed by atoms with van der Waals surface area (Å²) in [5.74, 6) is 1.07. The molecule has 0 radical (unpaired) electrons. The van der Waals surface area contributed by atoms with Gasteiger partial charge in [0, 0.05) is 37.8 Å². The maximum atomic E-state index is 11.9. The molecule has 5 rings (SSSR count). The third kappa shape index (κ3) is 3.61. The highest BCUT2D eigenvalue weighted by molar-refractivity contribution is 6.00. The Labute approximate surface area is 186 Å². The Kier molecular flexibility index (Phi) is 5.11. The van der Waals surface area contributed by atoms with Gasteiger partial charge in [-0.3, -0.25) is 4.79 Å². The first-order valence-corrected chi connectivity index (χ1v) is 10.8. The van der Waals surface area contributed by atoms with Gasteiger partial charge in [-0.2, -0.15) is 0 Å². The number of amides is 1. The number of rotatable bonds is 5. The van der Waals surface area contributed by atoms with Crippen LogP contribution in [0.25, 0.3) is 17.0 Å². The van der Waals surface area contributed by atoms with Crippen molar-refractivity contribution >= 4 is 17.2 Å². The zero-order chi connectivity index (χ0) is 22.2. The van der Waals surface area contributed by atoms with Crippen LogP contribution in [0.4, 0.5) is 5.82 Å². The summed E-state index contributed by atoms with van der Waals surface area (Å²) < 4.78 is 1.97. The van der Waals surface area contributed by atoms with E-state index in [0.29, 0.717) is 17.9 Å². The molecule has 0 aliphatic carbocycles. The highest BCUT2D eigenvalue weighted by atomic mass is 16.1. The van der Waals surface area contributed by atoms with E-state index in [-0.39, 0.29) is 0 Å². The van der Waals surface area contributed by atoms with Crippen LogP contribution in [0.3, 0.4) is 0 Å². The number of anilines is 1. The van der Waals surface area contributed by atoms with Crippen molar-refractivity contribution in [3.8, 4) is 11.5 Å². The van der Waals surface area contributed by atoms with E-state index in [1.54, 1.807) is 6.07 Å². The van der Waals surface area contributed by atoms with Crippen molar-refractivity contribution in [3.63, 3.8) is 0 Å². The zero-order valence-corrected chi connectivity index (χ0v) is 18.3. The number of nitrogens with two attached hydrogens (primary N) is 1. The quantitative estimate of drug-likeness (QED) is 0.511. The number of hydrogen-bond donors (Lipinski definition) is 2. The first-order valence-electron chi connectivity index (χ1n) is 10.8. The van der Waals surface area contributed by atoms with Crippen LogP contribution in [0.2, 0.25) is 0 Å². The standard InChI is InChI=1S/C25H26N6O/c1-16-13-21-18(23(26)32)9-6-11-31(21)22(16)25-28-20-10-12-30(2)15-19(20)24(29-25)27-14-17-7-4-3-5-8-17/h3-9,11,13H,10,12,14-15H2,1-2H3,(H2,26,32)(H,27,28,29). The second-order valence-electron chi connectivity index (χ2n) is 8.37. The molecule has 1 amide bonds. The van der Waals surface area contributed by atoms with E-state index in [9.17, 15) is 4.79 Å². The molecule has 3 N–H and O–H groups in total. The number of nitrogens with one attached hydrogen (secondary N) is 1.